The van der Waals surface area contributed by atoms with Crippen LogP contribution in [0.4, 0.5) is 0 Å². The van der Waals surface area contributed by atoms with Gasteiger partial charge in [-0.15, -0.1) is 11.3 Å². The Morgan fingerprint density at radius 1 is 1.33 bits per heavy atom. The summed E-state index contributed by atoms with van der Waals surface area (Å²) in [6.45, 7) is 5.85. The van der Waals surface area contributed by atoms with Crippen LogP contribution in [0.1, 0.15) is 38.5 Å². The van der Waals surface area contributed by atoms with Crippen molar-refractivity contribution in [3.8, 4) is 0 Å². The maximum atomic E-state index is 12.1. The van der Waals surface area contributed by atoms with Crippen molar-refractivity contribution in [2.24, 2.45) is 5.92 Å². The van der Waals surface area contributed by atoms with Crippen molar-refractivity contribution >= 4 is 21.4 Å². The molecule has 1 atom stereocenters. The summed E-state index contributed by atoms with van der Waals surface area (Å²) in [5.41, 5.74) is 0. The Hall–Kier alpha value is -0.430. The van der Waals surface area contributed by atoms with Crippen molar-refractivity contribution in [2.75, 3.05) is 0 Å². The molecule has 1 aromatic heterocycles. The zero-order chi connectivity index (χ0) is 13.8. The van der Waals surface area contributed by atoms with E-state index in [1.165, 1.54) is 17.4 Å². The molecule has 18 heavy (non-hydrogen) atoms. The normalized spacial score (nSPS) is 14.1. The number of sulfonamides is 1. The molecule has 1 aromatic rings. The van der Waals surface area contributed by atoms with Gasteiger partial charge >= 0.3 is 0 Å². The van der Waals surface area contributed by atoms with Crippen molar-refractivity contribution < 1.29 is 13.5 Å². The Bertz CT molecular complexity index is 465. The van der Waals surface area contributed by atoms with Gasteiger partial charge < -0.3 is 5.11 Å². The van der Waals surface area contributed by atoms with E-state index in [2.05, 4.69) is 18.6 Å². The van der Waals surface area contributed by atoms with E-state index in [1.807, 2.05) is 6.92 Å². The number of nitrogens with one attached hydrogen (secondary N) is 1. The van der Waals surface area contributed by atoms with Crippen LogP contribution in [0.3, 0.4) is 0 Å². The van der Waals surface area contributed by atoms with Crippen LogP contribution in [0.15, 0.2) is 16.3 Å². The van der Waals surface area contributed by atoms with E-state index >= 15 is 0 Å². The molecule has 1 rings (SSSR count). The van der Waals surface area contributed by atoms with E-state index < -0.39 is 10.0 Å². The average molecular weight is 291 g/mol. The average Bonchev–Trinajstić information content (AvgIpc) is 2.74. The van der Waals surface area contributed by atoms with Crippen molar-refractivity contribution in [2.45, 2.75) is 51.2 Å². The fourth-order valence-corrected chi connectivity index (χ4v) is 4.23. The number of hydrogen-bond acceptors (Lipinski definition) is 4. The SMILES string of the molecule is CC(C)CCC(C)NS(=O)(=O)c1ccsc1CO. The number of aliphatic hydroxyl groups is 1. The second-order valence-corrected chi connectivity index (χ2v) is 7.54. The van der Waals surface area contributed by atoms with E-state index in [9.17, 15) is 8.42 Å². The van der Waals surface area contributed by atoms with Crippen molar-refractivity contribution in [1.29, 1.82) is 0 Å². The molecule has 1 heterocycles. The minimum absolute atomic E-state index is 0.0937. The van der Waals surface area contributed by atoms with Crippen LogP contribution in [0.2, 0.25) is 0 Å². The number of thiophene rings is 1. The second kappa shape index (κ2) is 6.65. The lowest BCUT2D eigenvalue weighted by molar-refractivity contribution is 0.282. The van der Waals surface area contributed by atoms with E-state index in [4.69, 9.17) is 5.11 Å². The van der Waals surface area contributed by atoms with Gasteiger partial charge in [-0.2, -0.15) is 0 Å². The van der Waals surface area contributed by atoms with Gasteiger partial charge in [0.05, 0.1) is 11.5 Å². The van der Waals surface area contributed by atoms with Crippen LogP contribution >= 0.6 is 11.3 Å². The molecule has 0 amide bonds. The number of rotatable bonds is 7. The summed E-state index contributed by atoms with van der Waals surface area (Å²) in [5.74, 6) is 0.561. The predicted octanol–water partition coefficient (Wildman–Crippen LogP) is 2.34. The zero-order valence-corrected chi connectivity index (χ0v) is 12.6. The third-order valence-electron chi connectivity index (χ3n) is 2.67. The highest BCUT2D eigenvalue weighted by atomic mass is 32.2. The molecule has 0 aliphatic carbocycles. The highest BCUT2D eigenvalue weighted by molar-refractivity contribution is 7.89. The molecule has 0 radical (unpaired) electrons. The van der Waals surface area contributed by atoms with Crippen molar-refractivity contribution in [3.05, 3.63) is 16.3 Å². The molecular formula is C12H21NO3S2. The lowest BCUT2D eigenvalue weighted by Gasteiger charge is -2.15. The van der Waals surface area contributed by atoms with Gasteiger partial charge in [-0.3, -0.25) is 0 Å². The lowest BCUT2D eigenvalue weighted by Crippen LogP contribution is -2.33. The van der Waals surface area contributed by atoms with Gasteiger partial charge in [0.2, 0.25) is 10.0 Å². The van der Waals surface area contributed by atoms with Gasteiger partial charge in [-0.1, -0.05) is 13.8 Å². The summed E-state index contributed by atoms with van der Waals surface area (Å²) in [6.07, 6.45) is 1.80. The van der Waals surface area contributed by atoms with E-state index in [0.29, 0.717) is 10.8 Å². The van der Waals surface area contributed by atoms with Gasteiger partial charge in [-0.05, 0) is 37.1 Å². The molecule has 1 unspecified atom stereocenters. The van der Waals surface area contributed by atoms with Crippen molar-refractivity contribution in [1.82, 2.24) is 4.72 Å². The minimum Gasteiger partial charge on any atom is -0.391 e. The monoisotopic (exact) mass is 291 g/mol. The summed E-state index contributed by atoms with van der Waals surface area (Å²) in [7, 11) is -3.51. The van der Waals surface area contributed by atoms with Gasteiger partial charge in [0.25, 0.3) is 0 Å². The van der Waals surface area contributed by atoms with Crippen LogP contribution in [-0.2, 0) is 16.6 Å². The quantitative estimate of drug-likeness (QED) is 0.810. The summed E-state index contributed by atoms with van der Waals surface area (Å²) >= 11 is 1.25. The molecule has 0 aromatic carbocycles. The fourth-order valence-electron chi connectivity index (χ4n) is 1.65. The topological polar surface area (TPSA) is 66.4 Å². The predicted molar refractivity (Wildman–Crippen MR) is 74.1 cm³/mol. The Kier molecular flexibility index (Phi) is 5.78. The Balaban J connectivity index is 2.70. The molecule has 0 spiro atoms. The third-order valence-corrected chi connectivity index (χ3v) is 5.38. The standard InChI is InChI=1S/C12H21NO3S2/c1-9(2)4-5-10(3)13-18(15,16)12-6-7-17-11(12)8-14/h6-7,9-10,13-14H,4-5,8H2,1-3H3. The van der Waals surface area contributed by atoms with Gasteiger partial charge in [0, 0.05) is 10.9 Å². The maximum Gasteiger partial charge on any atom is 0.242 e. The highest BCUT2D eigenvalue weighted by Gasteiger charge is 2.21. The minimum atomic E-state index is -3.51. The molecule has 0 fully saturated rings. The largest absolute Gasteiger partial charge is 0.391 e. The molecular weight excluding hydrogens is 270 g/mol. The van der Waals surface area contributed by atoms with Gasteiger partial charge in [0.1, 0.15) is 0 Å². The first-order chi connectivity index (χ1) is 8.36. The van der Waals surface area contributed by atoms with Crippen molar-refractivity contribution in [3.63, 3.8) is 0 Å². The molecule has 6 heteroatoms. The van der Waals surface area contributed by atoms with Gasteiger partial charge in [0.15, 0.2) is 0 Å². The Morgan fingerprint density at radius 2 is 2.00 bits per heavy atom. The van der Waals surface area contributed by atoms with Crippen LogP contribution in [-0.4, -0.2) is 19.6 Å². The molecule has 4 nitrogen and oxygen atoms in total. The van der Waals surface area contributed by atoms with Crippen LogP contribution in [0, 0.1) is 5.92 Å². The molecule has 2 N–H and O–H groups in total. The molecule has 0 saturated carbocycles. The van der Waals surface area contributed by atoms with Crippen LogP contribution in [0.5, 0.6) is 0 Å². The van der Waals surface area contributed by atoms with E-state index in [0.717, 1.165) is 12.8 Å². The number of aliphatic hydroxyl groups excluding tert-OH is 1. The molecule has 0 aliphatic rings. The first-order valence-corrected chi connectivity index (χ1v) is 8.42. The first kappa shape index (κ1) is 15.6. The first-order valence-electron chi connectivity index (χ1n) is 6.06. The highest BCUT2D eigenvalue weighted by Crippen LogP contribution is 2.22. The Morgan fingerprint density at radius 3 is 2.56 bits per heavy atom. The van der Waals surface area contributed by atoms with E-state index in [-0.39, 0.29) is 17.5 Å². The molecule has 104 valence electrons. The summed E-state index contributed by atoms with van der Waals surface area (Å²) < 4.78 is 26.9. The number of hydrogen-bond donors (Lipinski definition) is 2. The Labute approximate surface area is 113 Å². The third kappa shape index (κ3) is 4.35. The summed E-state index contributed by atoms with van der Waals surface area (Å²) in [5, 5.41) is 10.8. The lowest BCUT2D eigenvalue weighted by atomic mass is 10.1. The second-order valence-electron chi connectivity index (χ2n) is 4.86. The summed E-state index contributed by atoms with van der Waals surface area (Å²) in [4.78, 5) is 0.685. The van der Waals surface area contributed by atoms with Crippen LogP contribution < -0.4 is 4.72 Å². The van der Waals surface area contributed by atoms with E-state index in [1.54, 1.807) is 5.38 Å². The smallest absolute Gasteiger partial charge is 0.242 e. The van der Waals surface area contributed by atoms with Crippen LogP contribution in [0.25, 0.3) is 0 Å². The fraction of sp³-hybridized carbons (Fsp3) is 0.667. The van der Waals surface area contributed by atoms with Gasteiger partial charge in [-0.25, -0.2) is 13.1 Å². The molecule has 0 bridgehead atoms. The molecule has 0 aliphatic heterocycles. The maximum absolute atomic E-state index is 12.1. The molecule has 0 saturated heterocycles. The summed E-state index contributed by atoms with van der Waals surface area (Å²) in [6, 6.07) is 1.44. The zero-order valence-electron chi connectivity index (χ0n) is 11.0.